The Kier molecular flexibility index (Phi) is 7.23. The van der Waals surface area contributed by atoms with Crippen molar-refractivity contribution in [3.8, 4) is 10.6 Å². The first-order valence-electron chi connectivity index (χ1n) is 9.27. The Hall–Kier alpha value is -1.74. The number of thiazole rings is 1. The van der Waals surface area contributed by atoms with Gasteiger partial charge in [0.2, 0.25) is 0 Å². The first-order chi connectivity index (χ1) is 13.5. The third kappa shape index (κ3) is 5.64. The smallest absolute Gasteiger partial charge is 0.191 e. The summed E-state index contributed by atoms with van der Waals surface area (Å²) in [6.07, 6.45) is 0.916. The van der Waals surface area contributed by atoms with Crippen LogP contribution in [0.25, 0.3) is 10.6 Å². The quantitative estimate of drug-likeness (QED) is 0.366. The van der Waals surface area contributed by atoms with E-state index in [1.807, 2.05) is 31.4 Å². The van der Waals surface area contributed by atoms with E-state index in [0.29, 0.717) is 6.54 Å². The van der Waals surface area contributed by atoms with Crippen LogP contribution in [0.4, 0.5) is 0 Å². The highest BCUT2D eigenvalue weighted by Crippen LogP contribution is 2.29. The van der Waals surface area contributed by atoms with Crippen molar-refractivity contribution in [2.45, 2.75) is 32.8 Å². The van der Waals surface area contributed by atoms with Gasteiger partial charge in [-0.3, -0.25) is 0 Å². The van der Waals surface area contributed by atoms with E-state index in [0.717, 1.165) is 41.0 Å². The molecule has 0 aliphatic heterocycles. The lowest BCUT2D eigenvalue weighted by atomic mass is 10.1. The fraction of sp³-hybridized carbons (Fsp3) is 0.400. The molecule has 3 aromatic rings. The zero-order valence-corrected chi connectivity index (χ0v) is 18.8. The predicted molar refractivity (Wildman–Crippen MR) is 122 cm³/mol. The molecule has 0 saturated carbocycles. The summed E-state index contributed by atoms with van der Waals surface area (Å²) < 4.78 is 0. The Labute approximate surface area is 178 Å². The topological polar surface area (TPSA) is 69.5 Å². The minimum absolute atomic E-state index is 0.315. The first-order valence-corrected chi connectivity index (χ1v) is 11.9. The molecule has 3 heterocycles. The molecule has 0 radical (unpaired) electrons. The van der Waals surface area contributed by atoms with Gasteiger partial charge < -0.3 is 15.7 Å². The Morgan fingerprint density at radius 1 is 1.25 bits per heavy atom. The highest BCUT2D eigenvalue weighted by molar-refractivity contribution is 7.16. The van der Waals surface area contributed by atoms with E-state index >= 15 is 0 Å². The molecule has 8 heteroatoms. The number of aryl methyl sites for hydroxylation is 1. The van der Waals surface area contributed by atoms with Crippen LogP contribution in [0, 0.1) is 6.92 Å². The van der Waals surface area contributed by atoms with Gasteiger partial charge in [-0.05, 0) is 50.8 Å². The van der Waals surface area contributed by atoms with Crippen molar-refractivity contribution in [2.24, 2.45) is 4.99 Å². The van der Waals surface area contributed by atoms with Crippen LogP contribution in [0.2, 0.25) is 0 Å². The number of guanidine groups is 1. The molecule has 3 rings (SSSR count). The molecule has 5 nitrogen and oxygen atoms in total. The maximum absolute atomic E-state index is 10.7. The Balaban J connectivity index is 1.54. The standard InChI is InChI=1S/C20H26N4OS3/c1-4-21-19(23-13-20(3,25)18-6-5-11-26-18)22-10-9-15-7-8-17(28-15)16-12-27-14(2)24-16/h5-8,11-12,25H,4,9-10,13H2,1-3H3,(H2,21,22,23). The molecule has 3 N–H and O–H groups in total. The Morgan fingerprint density at radius 3 is 2.79 bits per heavy atom. The second kappa shape index (κ2) is 9.65. The molecule has 1 atom stereocenters. The summed E-state index contributed by atoms with van der Waals surface area (Å²) in [6, 6.07) is 8.20. The fourth-order valence-electron chi connectivity index (χ4n) is 2.67. The van der Waals surface area contributed by atoms with Gasteiger partial charge in [-0.1, -0.05) is 6.07 Å². The molecule has 1 unspecified atom stereocenters. The first kappa shape index (κ1) is 21.0. The molecule has 3 aromatic heterocycles. The maximum atomic E-state index is 10.7. The predicted octanol–water partition coefficient (Wildman–Crippen LogP) is 4.25. The van der Waals surface area contributed by atoms with E-state index in [9.17, 15) is 5.11 Å². The van der Waals surface area contributed by atoms with Crippen molar-refractivity contribution >= 4 is 40.0 Å². The zero-order chi connectivity index (χ0) is 20.0. The highest BCUT2D eigenvalue weighted by atomic mass is 32.1. The molecule has 0 bridgehead atoms. The van der Waals surface area contributed by atoms with Crippen molar-refractivity contribution in [1.29, 1.82) is 0 Å². The molecule has 0 saturated heterocycles. The van der Waals surface area contributed by atoms with Crippen LogP contribution in [0.1, 0.15) is 28.6 Å². The van der Waals surface area contributed by atoms with Crippen LogP contribution in [0.15, 0.2) is 40.0 Å². The van der Waals surface area contributed by atoms with Crippen LogP contribution in [0.3, 0.4) is 0 Å². The summed E-state index contributed by atoms with van der Waals surface area (Å²) in [5.74, 6) is 0.728. The lowest BCUT2D eigenvalue weighted by Gasteiger charge is -2.20. The van der Waals surface area contributed by atoms with Crippen molar-refractivity contribution in [1.82, 2.24) is 15.6 Å². The molecule has 0 aromatic carbocycles. The third-order valence-electron chi connectivity index (χ3n) is 4.14. The number of rotatable bonds is 8. The molecule has 0 spiro atoms. The number of nitrogens with one attached hydrogen (secondary N) is 2. The zero-order valence-electron chi connectivity index (χ0n) is 16.4. The molecule has 150 valence electrons. The minimum Gasteiger partial charge on any atom is -0.383 e. The highest BCUT2D eigenvalue weighted by Gasteiger charge is 2.23. The van der Waals surface area contributed by atoms with Crippen molar-refractivity contribution in [3.05, 3.63) is 49.8 Å². The number of aliphatic hydroxyl groups is 1. The van der Waals surface area contributed by atoms with E-state index in [2.05, 4.69) is 38.1 Å². The van der Waals surface area contributed by atoms with Crippen molar-refractivity contribution in [3.63, 3.8) is 0 Å². The number of aromatic nitrogens is 1. The third-order valence-corrected chi connectivity index (χ3v) is 7.20. The molecule has 0 amide bonds. The maximum Gasteiger partial charge on any atom is 0.191 e. The van der Waals surface area contributed by atoms with Crippen LogP contribution < -0.4 is 10.6 Å². The molecule has 0 aliphatic rings. The van der Waals surface area contributed by atoms with Gasteiger partial charge in [0.25, 0.3) is 0 Å². The van der Waals surface area contributed by atoms with Gasteiger partial charge in [0.05, 0.1) is 22.1 Å². The van der Waals surface area contributed by atoms with Gasteiger partial charge in [0.1, 0.15) is 5.60 Å². The van der Waals surface area contributed by atoms with E-state index < -0.39 is 5.60 Å². The van der Waals surface area contributed by atoms with E-state index in [1.165, 1.54) is 9.75 Å². The van der Waals surface area contributed by atoms with Crippen LogP contribution in [0.5, 0.6) is 0 Å². The molecular weight excluding hydrogens is 408 g/mol. The molecule has 0 fully saturated rings. The molecular formula is C20H26N4OS3. The van der Waals surface area contributed by atoms with Crippen molar-refractivity contribution < 1.29 is 5.11 Å². The summed E-state index contributed by atoms with van der Waals surface area (Å²) in [5.41, 5.74) is 0.114. The van der Waals surface area contributed by atoms with Gasteiger partial charge >= 0.3 is 0 Å². The number of hydrogen-bond acceptors (Lipinski definition) is 6. The number of nitrogens with zero attached hydrogens (tertiary/aromatic N) is 2. The van der Waals surface area contributed by atoms with Crippen LogP contribution >= 0.6 is 34.0 Å². The second-order valence-corrected chi connectivity index (χ2v) is 9.82. The Morgan fingerprint density at radius 2 is 2.11 bits per heavy atom. The number of hydrogen-bond donors (Lipinski definition) is 3. The Bertz CT molecular complexity index is 896. The fourth-order valence-corrected chi connectivity index (χ4v) is 5.10. The summed E-state index contributed by atoms with van der Waals surface area (Å²) in [5, 5.41) is 22.4. The van der Waals surface area contributed by atoms with Gasteiger partial charge in [-0.25, -0.2) is 9.98 Å². The number of aliphatic imine (C=N–C) groups is 1. The largest absolute Gasteiger partial charge is 0.383 e. The average Bonchev–Trinajstić information content (AvgIpc) is 3.41. The van der Waals surface area contributed by atoms with Crippen LogP contribution in [-0.4, -0.2) is 35.7 Å². The SMILES string of the molecule is CCNC(=NCC(C)(O)c1cccs1)NCCc1ccc(-c2csc(C)n2)s1. The van der Waals surface area contributed by atoms with Crippen molar-refractivity contribution in [2.75, 3.05) is 19.6 Å². The van der Waals surface area contributed by atoms with E-state index in [4.69, 9.17) is 0 Å². The van der Waals surface area contributed by atoms with Gasteiger partial charge in [0.15, 0.2) is 5.96 Å². The normalized spacial score (nSPS) is 14.1. The van der Waals surface area contributed by atoms with E-state index in [1.54, 1.807) is 40.9 Å². The minimum atomic E-state index is -0.954. The molecule has 28 heavy (non-hydrogen) atoms. The lowest BCUT2D eigenvalue weighted by molar-refractivity contribution is 0.0711. The second-order valence-electron chi connectivity index (χ2n) is 6.64. The van der Waals surface area contributed by atoms with E-state index in [-0.39, 0.29) is 0 Å². The van der Waals surface area contributed by atoms with Gasteiger partial charge in [0, 0.05) is 28.2 Å². The summed E-state index contributed by atoms with van der Waals surface area (Å²) >= 11 is 5.02. The summed E-state index contributed by atoms with van der Waals surface area (Å²) in [6.45, 7) is 7.75. The van der Waals surface area contributed by atoms with Gasteiger partial charge in [-0.15, -0.1) is 34.0 Å². The molecule has 0 aliphatic carbocycles. The van der Waals surface area contributed by atoms with Crippen LogP contribution in [-0.2, 0) is 12.0 Å². The monoisotopic (exact) mass is 434 g/mol. The number of thiophene rings is 2. The van der Waals surface area contributed by atoms with Gasteiger partial charge in [-0.2, -0.15) is 0 Å². The lowest BCUT2D eigenvalue weighted by Crippen LogP contribution is -2.39. The summed E-state index contributed by atoms with van der Waals surface area (Å²) in [4.78, 5) is 12.6. The summed E-state index contributed by atoms with van der Waals surface area (Å²) in [7, 11) is 0. The average molecular weight is 435 g/mol.